The lowest BCUT2D eigenvalue weighted by atomic mass is 9.77. The van der Waals surface area contributed by atoms with Gasteiger partial charge < -0.3 is 9.84 Å². The third kappa shape index (κ3) is 1.97. The average Bonchev–Trinajstić information content (AvgIpc) is 2.30. The first-order chi connectivity index (χ1) is 7.69. The van der Waals surface area contributed by atoms with Gasteiger partial charge in [-0.05, 0) is 30.5 Å². The van der Waals surface area contributed by atoms with Gasteiger partial charge in [0.15, 0.2) is 0 Å². The molecule has 0 amide bonds. The molecule has 2 atom stereocenters. The van der Waals surface area contributed by atoms with Gasteiger partial charge in [-0.3, -0.25) is 0 Å². The Kier molecular flexibility index (Phi) is 3.53. The summed E-state index contributed by atoms with van der Waals surface area (Å²) in [7, 11) is 1.66. The van der Waals surface area contributed by atoms with Crippen molar-refractivity contribution < 1.29 is 9.84 Å². The van der Waals surface area contributed by atoms with Crippen molar-refractivity contribution in [1.82, 2.24) is 0 Å². The number of ether oxygens (including phenoxy) is 1. The summed E-state index contributed by atoms with van der Waals surface area (Å²) in [6, 6.07) is 7.60. The minimum absolute atomic E-state index is 0.440. The Labute approximate surface area is 101 Å². The van der Waals surface area contributed by atoms with E-state index in [0.29, 0.717) is 5.02 Å². The minimum atomic E-state index is -0.566. The lowest BCUT2D eigenvalue weighted by molar-refractivity contribution is -0.131. The number of halogens is 1. The third-order valence-electron chi connectivity index (χ3n) is 3.49. The second-order valence-corrected chi connectivity index (χ2v) is 4.80. The van der Waals surface area contributed by atoms with Gasteiger partial charge in [0.05, 0.1) is 6.10 Å². The standard InChI is InChI=1S/C13H17ClO2/c1-16-13(8-3-2-7-12(13)15)10-5-4-6-11(14)9-10/h4-6,9,12,15H,2-3,7-8H2,1H3/t12-,13+/m1/s1. The molecule has 1 N–H and O–H groups in total. The molecule has 1 aromatic carbocycles. The van der Waals surface area contributed by atoms with E-state index in [9.17, 15) is 5.11 Å². The van der Waals surface area contributed by atoms with Gasteiger partial charge in [-0.25, -0.2) is 0 Å². The van der Waals surface area contributed by atoms with Crippen LogP contribution in [-0.4, -0.2) is 18.3 Å². The number of aliphatic hydroxyl groups is 1. The van der Waals surface area contributed by atoms with Gasteiger partial charge in [-0.15, -0.1) is 0 Å². The number of rotatable bonds is 2. The molecule has 1 saturated carbocycles. The van der Waals surface area contributed by atoms with E-state index in [1.165, 1.54) is 0 Å². The first-order valence-corrected chi connectivity index (χ1v) is 6.06. The van der Waals surface area contributed by atoms with E-state index < -0.39 is 11.7 Å². The molecule has 0 saturated heterocycles. The molecule has 0 spiro atoms. The molecular formula is C13H17ClO2. The van der Waals surface area contributed by atoms with Crippen LogP contribution in [0, 0.1) is 0 Å². The van der Waals surface area contributed by atoms with Crippen molar-refractivity contribution in [3.8, 4) is 0 Å². The Morgan fingerprint density at radius 3 is 2.88 bits per heavy atom. The van der Waals surface area contributed by atoms with Gasteiger partial charge in [0.1, 0.15) is 5.60 Å². The van der Waals surface area contributed by atoms with Crippen molar-refractivity contribution in [3.63, 3.8) is 0 Å². The highest BCUT2D eigenvalue weighted by molar-refractivity contribution is 6.30. The first-order valence-electron chi connectivity index (χ1n) is 5.68. The molecule has 0 heterocycles. The summed E-state index contributed by atoms with van der Waals surface area (Å²) < 4.78 is 5.62. The number of methoxy groups -OCH3 is 1. The van der Waals surface area contributed by atoms with Crippen molar-refractivity contribution in [3.05, 3.63) is 34.9 Å². The van der Waals surface area contributed by atoms with Crippen LogP contribution in [-0.2, 0) is 10.3 Å². The van der Waals surface area contributed by atoms with E-state index in [1.807, 2.05) is 24.3 Å². The summed E-state index contributed by atoms with van der Waals surface area (Å²) in [4.78, 5) is 0. The number of benzene rings is 1. The minimum Gasteiger partial charge on any atom is -0.390 e. The van der Waals surface area contributed by atoms with Crippen LogP contribution in [0.15, 0.2) is 24.3 Å². The monoisotopic (exact) mass is 240 g/mol. The molecule has 88 valence electrons. The van der Waals surface area contributed by atoms with E-state index in [4.69, 9.17) is 16.3 Å². The second kappa shape index (κ2) is 4.74. The lowest BCUT2D eigenvalue weighted by Crippen LogP contribution is -2.43. The molecule has 1 fully saturated rings. The molecule has 16 heavy (non-hydrogen) atoms. The molecule has 0 unspecified atom stereocenters. The molecule has 2 rings (SSSR count). The van der Waals surface area contributed by atoms with Crippen LogP contribution in [0.2, 0.25) is 5.02 Å². The summed E-state index contributed by atoms with van der Waals surface area (Å²) in [5.74, 6) is 0. The summed E-state index contributed by atoms with van der Waals surface area (Å²) in [5, 5.41) is 10.9. The largest absolute Gasteiger partial charge is 0.390 e. The summed E-state index contributed by atoms with van der Waals surface area (Å²) >= 11 is 5.99. The molecule has 0 radical (unpaired) electrons. The van der Waals surface area contributed by atoms with Gasteiger partial charge in [0, 0.05) is 12.1 Å². The van der Waals surface area contributed by atoms with Crippen LogP contribution in [0.1, 0.15) is 31.2 Å². The van der Waals surface area contributed by atoms with Crippen LogP contribution in [0.5, 0.6) is 0 Å². The van der Waals surface area contributed by atoms with Crippen molar-refractivity contribution in [2.24, 2.45) is 0 Å². The van der Waals surface area contributed by atoms with Crippen LogP contribution in [0.25, 0.3) is 0 Å². The number of hydrogen-bond donors (Lipinski definition) is 1. The number of hydrogen-bond acceptors (Lipinski definition) is 2. The smallest absolute Gasteiger partial charge is 0.119 e. The van der Waals surface area contributed by atoms with Crippen molar-refractivity contribution in [2.75, 3.05) is 7.11 Å². The molecule has 2 nitrogen and oxygen atoms in total. The Morgan fingerprint density at radius 2 is 2.25 bits per heavy atom. The maximum absolute atomic E-state index is 10.2. The predicted molar refractivity (Wildman–Crippen MR) is 64.6 cm³/mol. The van der Waals surface area contributed by atoms with Gasteiger partial charge in [0.25, 0.3) is 0 Å². The van der Waals surface area contributed by atoms with Gasteiger partial charge in [-0.1, -0.05) is 36.6 Å². The van der Waals surface area contributed by atoms with Crippen LogP contribution < -0.4 is 0 Å². The average molecular weight is 241 g/mol. The Balaban J connectivity index is 2.40. The summed E-state index contributed by atoms with van der Waals surface area (Å²) in [6.45, 7) is 0. The molecule has 1 aliphatic carbocycles. The molecule has 3 heteroatoms. The lowest BCUT2D eigenvalue weighted by Gasteiger charge is -2.40. The van der Waals surface area contributed by atoms with E-state index in [-0.39, 0.29) is 0 Å². The van der Waals surface area contributed by atoms with Crippen molar-refractivity contribution in [1.29, 1.82) is 0 Å². The highest BCUT2D eigenvalue weighted by Gasteiger charge is 2.41. The summed E-state index contributed by atoms with van der Waals surface area (Å²) in [6.07, 6.45) is 3.35. The predicted octanol–water partition coefficient (Wildman–Crippen LogP) is 3.12. The molecule has 0 bridgehead atoms. The highest BCUT2D eigenvalue weighted by atomic mass is 35.5. The maximum Gasteiger partial charge on any atom is 0.119 e. The van der Waals surface area contributed by atoms with E-state index in [2.05, 4.69) is 0 Å². The Morgan fingerprint density at radius 1 is 1.44 bits per heavy atom. The second-order valence-electron chi connectivity index (χ2n) is 4.37. The van der Waals surface area contributed by atoms with E-state index >= 15 is 0 Å². The zero-order valence-electron chi connectivity index (χ0n) is 9.45. The van der Waals surface area contributed by atoms with E-state index in [0.717, 1.165) is 31.2 Å². The Hall–Kier alpha value is -0.570. The fraction of sp³-hybridized carbons (Fsp3) is 0.538. The van der Waals surface area contributed by atoms with Crippen LogP contribution >= 0.6 is 11.6 Å². The van der Waals surface area contributed by atoms with Crippen LogP contribution in [0.4, 0.5) is 0 Å². The SMILES string of the molecule is CO[C@]1(c2cccc(Cl)c2)CCCC[C@H]1O. The summed E-state index contributed by atoms with van der Waals surface area (Å²) in [5.41, 5.74) is 0.415. The van der Waals surface area contributed by atoms with Gasteiger partial charge in [0.2, 0.25) is 0 Å². The molecular weight excluding hydrogens is 224 g/mol. The zero-order valence-corrected chi connectivity index (χ0v) is 10.2. The highest BCUT2D eigenvalue weighted by Crippen LogP contribution is 2.40. The first kappa shape index (κ1) is 11.9. The van der Waals surface area contributed by atoms with Crippen LogP contribution in [0.3, 0.4) is 0 Å². The molecule has 0 aromatic heterocycles. The van der Waals surface area contributed by atoms with Gasteiger partial charge >= 0.3 is 0 Å². The topological polar surface area (TPSA) is 29.5 Å². The van der Waals surface area contributed by atoms with Crippen molar-refractivity contribution in [2.45, 2.75) is 37.4 Å². The number of aliphatic hydroxyl groups excluding tert-OH is 1. The zero-order chi connectivity index (χ0) is 11.6. The Bertz CT molecular complexity index is 367. The fourth-order valence-electron chi connectivity index (χ4n) is 2.57. The molecule has 1 aromatic rings. The fourth-order valence-corrected chi connectivity index (χ4v) is 2.76. The van der Waals surface area contributed by atoms with Gasteiger partial charge in [-0.2, -0.15) is 0 Å². The maximum atomic E-state index is 10.2. The molecule has 0 aliphatic heterocycles. The quantitative estimate of drug-likeness (QED) is 0.861. The third-order valence-corrected chi connectivity index (χ3v) is 3.73. The van der Waals surface area contributed by atoms with Crippen molar-refractivity contribution >= 4 is 11.6 Å². The molecule has 1 aliphatic rings. The normalized spacial score (nSPS) is 30.3. The van der Waals surface area contributed by atoms with E-state index in [1.54, 1.807) is 7.11 Å².